The first-order chi connectivity index (χ1) is 10.2. The molecule has 2 atom stereocenters. The van der Waals surface area contributed by atoms with E-state index in [2.05, 4.69) is 43.0 Å². The lowest BCUT2D eigenvalue weighted by Crippen LogP contribution is -2.35. The summed E-state index contributed by atoms with van der Waals surface area (Å²) >= 11 is 0. The SMILES string of the molecule is C=C(C)C(C(=O)OC)C(C#C[Si](C)(C)C)Nc1ccccc1. The van der Waals surface area contributed by atoms with Gasteiger partial charge in [0.15, 0.2) is 0 Å². The standard InChI is InChI=1S/C18H25NO2Si/c1-14(2)17(18(20)21-3)16(12-13-22(4,5)6)19-15-10-8-7-9-11-15/h7-11,16-17,19H,1H2,2-6H3. The third kappa shape index (κ3) is 5.78. The van der Waals surface area contributed by atoms with Gasteiger partial charge in [-0.1, -0.05) is 55.9 Å². The molecule has 3 nitrogen and oxygen atoms in total. The summed E-state index contributed by atoms with van der Waals surface area (Å²) in [5.41, 5.74) is 5.00. The van der Waals surface area contributed by atoms with Crippen LogP contribution >= 0.6 is 0 Å². The van der Waals surface area contributed by atoms with Crippen molar-refractivity contribution < 1.29 is 9.53 Å². The van der Waals surface area contributed by atoms with Gasteiger partial charge in [0, 0.05) is 5.69 Å². The van der Waals surface area contributed by atoms with Gasteiger partial charge in [0.1, 0.15) is 20.0 Å². The zero-order chi connectivity index (χ0) is 16.8. The summed E-state index contributed by atoms with van der Waals surface area (Å²) in [7, 11) is -0.153. The monoisotopic (exact) mass is 315 g/mol. The van der Waals surface area contributed by atoms with Gasteiger partial charge in [-0.2, -0.15) is 0 Å². The van der Waals surface area contributed by atoms with Crippen LogP contribution in [0.3, 0.4) is 0 Å². The predicted octanol–water partition coefficient (Wildman–Crippen LogP) is 3.71. The summed E-state index contributed by atoms with van der Waals surface area (Å²) in [5.74, 6) is 2.44. The lowest BCUT2D eigenvalue weighted by Gasteiger charge is -2.24. The van der Waals surface area contributed by atoms with E-state index in [9.17, 15) is 4.79 Å². The van der Waals surface area contributed by atoms with Crippen molar-refractivity contribution in [3.05, 3.63) is 42.5 Å². The Bertz CT molecular complexity index is 579. The van der Waals surface area contributed by atoms with Gasteiger partial charge < -0.3 is 10.1 Å². The third-order valence-corrected chi connectivity index (χ3v) is 3.91. The molecule has 0 heterocycles. The molecule has 2 unspecified atom stereocenters. The third-order valence-electron chi connectivity index (χ3n) is 3.02. The maximum Gasteiger partial charge on any atom is 0.315 e. The molecule has 22 heavy (non-hydrogen) atoms. The maximum absolute atomic E-state index is 12.1. The van der Waals surface area contributed by atoms with E-state index >= 15 is 0 Å². The molecule has 1 rings (SSSR count). The lowest BCUT2D eigenvalue weighted by atomic mass is 9.93. The number of nitrogens with one attached hydrogen (secondary N) is 1. The second-order valence-electron chi connectivity index (χ2n) is 6.35. The normalized spacial score (nSPS) is 13.3. The van der Waals surface area contributed by atoms with E-state index in [1.165, 1.54) is 7.11 Å². The molecule has 0 saturated heterocycles. The van der Waals surface area contributed by atoms with Crippen molar-refractivity contribution in [1.82, 2.24) is 0 Å². The number of hydrogen-bond donors (Lipinski definition) is 1. The fraction of sp³-hybridized carbons (Fsp3) is 0.389. The van der Waals surface area contributed by atoms with Crippen LogP contribution in [0.2, 0.25) is 19.6 Å². The number of ether oxygens (including phenoxy) is 1. The highest BCUT2D eigenvalue weighted by Gasteiger charge is 2.29. The van der Waals surface area contributed by atoms with E-state index < -0.39 is 14.0 Å². The van der Waals surface area contributed by atoms with E-state index in [0.29, 0.717) is 0 Å². The minimum Gasteiger partial charge on any atom is -0.468 e. The second-order valence-corrected chi connectivity index (χ2v) is 11.1. The Morgan fingerprint density at radius 3 is 2.32 bits per heavy atom. The molecule has 0 amide bonds. The van der Waals surface area contributed by atoms with Gasteiger partial charge in [-0.25, -0.2) is 0 Å². The predicted molar refractivity (Wildman–Crippen MR) is 95.3 cm³/mol. The highest BCUT2D eigenvalue weighted by Crippen LogP contribution is 2.20. The Morgan fingerprint density at radius 1 is 1.27 bits per heavy atom. The minimum absolute atomic E-state index is 0.314. The van der Waals surface area contributed by atoms with E-state index in [4.69, 9.17) is 4.74 Å². The number of methoxy groups -OCH3 is 1. The highest BCUT2D eigenvalue weighted by atomic mass is 28.3. The van der Waals surface area contributed by atoms with Crippen LogP contribution in [0.25, 0.3) is 0 Å². The van der Waals surface area contributed by atoms with Crippen molar-refractivity contribution in [1.29, 1.82) is 0 Å². The summed E-state index contributed by atoms with van der Waals surface area (Å²) in [6.45, 7) is 12.3. The van der Waals surface area contributed by atoms with E-state index in [0.717, 1.165) is 11.3 Å². The lowest BCUT2D eigenvalue weighted by molar-refractivity contribution is -0.144. The van der Waals surface area contributed by atoms with Crippen LogP contribution in [0.4, 0.5) is 5.69 Å². The van der Waals surface area contributed by atoms with Gasteiger partial charge in [-0.05, 0) is 19.1 Å². The number of benzene rings is 1. The smallest absolute Gasteiger partial charge is 0.315 e. The molecular formula is C18H25NO2Si. The summed E-state index contributed by atoms with van der Waals surface area (Å²) in [6.07, 6.45) is 0. The zero-order valence-corrected chi connectivity index (χ0v) is 15.1. The Morgan fingerprint density at radius 2 is 1.86 bits per heavy atom. The van der Waals surface area contributed by atoms with E-state index in [1.807, 2.05) is 37.3 Å². The molecule has 1 N–H and O–H groups in total. The number of rotatable bonds is 5. The van der Waals surface area contributed by atoms with Crippen molar-refractivity contribution in [3.63, 3.8) is 0 Å². The number of anilines is 1. The van der Waals surface area contributed by atoms with Gasteiger partial charge in [-0.15, -0.1) is 5.54 Å². The average molecular weight is 315 g/mol. The Balaban J connectivity index is 3.16. The molecule has 4 heteroatoms. The summed E-state index contributed by atoms with van der Waals surface area (Å²) in [4.78, 5) is 12.1. The molecule has 0 aromatic heterocycles. The number of carbonyl (C=O) groups is 1. The molecule has 0 spiro atoms. The first kappa shape index (κ1) is 18.1. The van der Waals surface area contributed by atoms with Crippen molar-refractivity contribution in [3.8, 4) is 11.5 Å². The van der Waals surface area contributed by atoms with Gasteiger partial charge in [-0.3, -0.25) is 4.79 Å². The first-order valence-electron chi connectivity index (χ1n) is 7.32. The van der Waals surface area contributed by atoms with Crippen molar-refractivity contribution >= 4 is 19.7 Å². The Labute approximate surface area is 134 Å². The molecular weight excluding hydrogens is 290 g/mol. The van der Waals surface area contributed by atoms with Crippen LogP contribution in [0.5, 0.6) is 0 Å². The maximum atomic E-state index is 12.1. The van der Waals surface area contributed by atoms with Crippen LogP contribution in [0.15, 0.2) is 42.5 Å². The minimum atomic E-state index is -1.55. The summed E-state index contributed by atoms with van der Waals surface area (Å²) in [6, 6.07) is 9.40. The van der Waals surface area contributed by atoms with E-state index in [1.54, 1.807) is 0 Å². The molecule has 0 saturated carbocycles. The molecule has 118 valence electrons. The quantitative estimate of drug-likeness (QED) is 0.389. The Kier molecular flexibility index (Phi) is 6.45. The Hall–Kier alpha value is -1.99. The van der Waals surface area contributed by atoms with Crippen LogP contribution in [-0.4, -0.2) is 27.2 Å². The topological polar surface area (TPSA) is 38.3 Å². The zero-order valence-electron chi connectivity index (χ0n) is 14.1. The van der Waals surface area contributed by atoms with Gasteiger partial charge >= 0.3 is 5.97 Å². The summed E-state index contributed by atoms with van der Waals surface area (Å²) < 4.78 is 4.93. The average Bonchev–Trinajstić information content (AvgIpc) is 2.44. The molecule has 0 fully saturated rings. The van der Waals surface area contributed by atoms with Crippen molar-refractivity contribution in [2.75, 3.05) is 12.4 Å². The second kappa shape index (κ2) is 7.86. The van der Waals surface area contributed by atoms with E-state index in [-0.39, 0.29) is 12.0 Å². The van der Waals surface area contributed by atoms with Crippen LogP contribution in [-0.2, 0) is 9.53 Å². The van der Waals surface area contributed by atoms with Crippen LogP contribution in [0, 0.1) is 17.4 Å². The van der Waals surface area contributed by atoms with Crippen LogP contribution in [0.1, 0.15) is 6.92 Å². The molecule has 1 aromatic carbocycles. The number of esters is 1. The molecule has 1 aromatic rings. The fourth-order valence-corrected chi connectivity index (χ4v) is 2.55. The number of hydrogen-bond acceptors (Lipinski definition) is 3. The molecule has 0 aliphatic heterocycles. The molecule has 0 aliphatic rings. The van der Waals surface area contributed by atoms with Gasteiger partial charge in [0.2, 0.25) is 0 Å². The van der Waals surface area contributed by atoms with Crippen molar-refractivity contribution in [2.45, 2.75) is 32.6 Å². The first-order valence-corrected chi connectivity index (χ1v) is 10.8. The molecule has 0 radical (unpaired) electrons. The summed E-state index contributed by atoms with van der Waals surface area (Å²) in [5, 5.41) is 3.34. The van der Waals surface area contributed by atoms with Gasteiger partial charge in [0.25, 0.3) is 0 Å². The number of para-hydroxylation sites is 1. The largest absolute Gasteiger partial charge is 0.468 e. The molecule has 0 bridgehead atoms. The molecule has 0 aliphatic carbocycles. The number of carbonyl (C=O) groups excluding carboxylic acids is 1. The fourth-order valence-electron chi connectivity index (χ4n) is 1.96. The highest BCUT2D eigenvalue weighted by molar-refractivity contribution is 6.83. The van der Waals surface area contributed by atoms with Crippen molar-refractivity contribution in [2.24, 2.45) is 5.92 Å². The van der Waals surface area contributed by atoms with Gasteiger partial charge in [0.05, 0.1) is 7.11 Å². The van der Waals surface area contributed by atoms with Crippen LogP contribution < -0.4 is 5.32 Å².